The number of aromatic nitrogens is 4. The van der Waals surface area contributed by atoms with Gasteiger partial charge in [0.05, 0.1) is 19.5 Å². The number of carboxylic acids is 1. The molecule has 1 aliphatic rings. The van der Waals surface area contributed by atoms with E-state index in [0.29, 0.717) is 5.56 Å². The highest BCUT2D eigenvalue weighted by Crippen LogP contribution is 2.34. The number of carboxylic acid groups (broad SMARTS) is 1. The van der Waals surface area contributed by atoms with Crippen LogP contribution >= 0.6 is 11.6 Å². The lowest BCUT2D eigenvalue weighted by Crippen LogP contribution is -2.59. The van der Waals surface area contributed by atoms with Gasteiger partial charge in [0.1, 0.15) is 17.7 Å². The number of alkyl halides is 1. The normalized spacial score (nSPS) is 22.0. The number of nitrogens with two attached hydrogens (primary N) is 1. The molecule has 0 amide bonds. The molecule has 4 aromatic rings. The second-order valence-corrected chi connectivity index (χ2v) is 9.95. The van der Waals surface area contributed by atoms with E-state index in [-0.39, 0.29) is 28.9 Å². The zero-order chi connectivity index (χ0) is 30.0. The molecule has 12 nitrogen and oxygen atoms in total. The van der Waals surface area contributed by atoms with Crippen molar-refractivity contribution < 1.29 is 38.4 Å². The van der Waals surface area contributed by atoms with Crippen LogP contribution in [0.1, 0.15) is 18.7 Å². The van der Waals surface area contributed by atoms with E-state index in [9.17, 15) is 19.8 Å². The van der Waals surface area contributed by atoms with Crippen LogP contribution in [0.4, 0.5) is 10.2 Å². The summed E-state index contributed by atoms with van der Waals surface area (Å²) >= 11 is 5.90. The van der Waals surface area contributed by atoms with E-state index >= 15 is 4.39 Å². The summed E-state index contributed by atoms with van der Waals surface area (Å²) in [7, 11) is 0. The van der Waals surface area contributed by atoms with Gasteiger partial charge >= 0.3 is 11.9 Å². The van der Waals surface area contributed by atoms with Gasteiger partial charge in [0, 0.05) is 6.42 Å². The van der Waals surface area contributed by atoms with Crippen molar-refractivity contribution in [3.63, 3.8) is 0 Å². The summed E-state index contributed by atoms with van der Waals surface area (Å²) < 4.78 is 33.4. The zero-order valence-corrected chi connectivity index (χ0v) is 23.0. The van der Waals surface area contributed by atoms with E-state index in [2.05, 4.69) is 15.0 Å². The third kappa shape index (κ3) is 5.51. The number of aliphatic carboxylic acids is 1. The monoisotopic (exact) mass is 599 g/mol. The molecule has 1 saturated heterocycles. The molecule has 14 heteroatoms. The number of fused-ring (bicyclic) bond motifs is 1. The van der Waals surface area contributed by atoms with Gasteiger partial charge in [-0.25, -0.2) is 19.0 Å². The Kier molecular flexibility index (Phi) is 8.36. The summed E-state index contributed by atoms with van der Waals surface area (Å²) in [6.07, 6.45) is -6.32. The van der Waals surface area contributed by atoms with Crippen molar-refractivity contribution in [1.29, 1.82) is 0 Å². The summed E-state index contributed by atoms with van der Waals surface area (Å²) in [6, 6.07) is 16.4. The van der Waals surface area contributed by atoms with Crippen LogP contribution in [0.25, 0.3) is 22.3 Å². The van der Waals surface area contributed by atoms with Crippen LogP contribution in [-0.2, 0) is 30.2 Å². The van der Waals surface area contributed by atoms with Gasteiger partial charge in [-0.15, -0.1) is 0 Å². The van der Waals surface area contributed by atoms with E-state index in [1.807, 2.05) is 30.3 Å². The molecule has 0 bridgehead atoms. The first kappa shape index (κ1) is 29.3. The number of aliphatic hydroxyl groups is 1. The number of carbonyl (C=O) groups excluding carboxylic acids is 1. The number of nitrogens with zero attached hydrogens (tertiary/aromatic N) is 4. The van der Waals surface area contributed by atoms with Crippen molar-refractivity contribution in [2.75, 3.05) is 18.9 Å². The smallest absolute Gasteiger partial charge is 0.350 e. The number of benzene rings is 2. The van der Waals surface area contributed by atoms with Gasteiger partial charge in [-0.05, 0) is 35.2 Å². The lowest BCUT2D eigenvalue weighted by molar-refractivity contribution is -0.240. The van der Waals surface area contributed by atoms with Gasteiger partial charge in [-0.3, -0.25) is 4.57 Å². The minimum absolute atomic E-state index is 0.0331. The fraction of sp³-hybridized carbons (Fsp3) is 0.321. The third-order valence-corrected chi connectivity index (χ3v) is 7.09. The van der Waals surface area contributed by atoms with Crippen LogP contribution in [-0.4, -0.2) is 78.9 Å². The zero-order valence-electron chi connectivity index (χ0n) is 22.3. The summed E-state index contributed by atoms with van der Waals surface area (Å²) in [6.45, 7) is 0.891. The number of rotatable bonds is 9. The molecule has 1 fully saturated rings. The molecule has 3 heterocycles. The molecule has 220 valence electrons. The average Bonchev–Trinajstić information content (AvgIpc) is 3.40. The van der Waals surface area contributed by atoms with Crippen LogP contribution in [0, 0.1) is 0 Å². The molecule has 5 atom stereocenters. The molecule has 2 aromatic carbocycles. The van der Waals surface area contributed by atoms with E-state index in [1.54, 1.807) is 24.3 Å². The summed E-state index contributed by atoms with van der Waals surface area (Å²) in [5.41, 5.74) is 5.68. The first-order valence-corrected chi connectivity index (χ1v) is 13.3. The van der Waals surface area contributed by atoms with Crippen molar-refractivity contribution in [1.82, 2.24) is 19.5 Å². The average molecular weight is 600 g/mol. The van der Waals surface area contributed by atoms with Gasteiger partial charge in [0.25, 0.3) is 5.60 Å². The van der Waals surface area contributed by atoms with Crippen molar-refractivity contribution >= 4 is 40.5 Å². The van der Waals surface area contributed by atoms with E-state index < -0.39 is 55.2 Å². The number of ether oxygens (including phenoxy) is 3. The minimum Gasteiger partial charge on any atom is -0.479 e. The molecule has 0 saturated carbocycles. The molecule has 0 spiro atoms. The summed E-state index contributed by atoms with van der Waals surface area (Å²) in [5, 5.41) is 21.0. The Morgan fingerprint density at radius 2 is 1.86 bits per heavy atom. The molecule has 0 aliphatic carbocycles. The van der Waals surface area contributed by atoms with E-state index in [1.165, 1.54) is 17.8 Å². The Bertz CT molecular complexity index is 1590. The lowest BCUT2D eigenvalue weighted by atomic mass is 9.92. The Morgan fingerprint density at radius 3 is 2.52 bits per heavy atom. The largest absolute Gasteiger partial charge is 0.479 e. The van der Waals surface area contributed by atoms with Crippen molar-refractivity contribution in [2.45, 2.75) is 43.6 Å². The number of hydrogen-bond donors (Lipinski definition) is 3. The van der Waals surface area contributed by atoms with E-state index in [4.69, 9.17) is 31.5 Å². The standard InChI is InChI=1S/C28H27ClFN5O7/c1-2-40-26(39)28(25(37)38,12-15-8-10-17(11-9-15)16-6-4-3-5-7-16)42-18-13-41-24(19(30)21(18)36)35-14-32-20-22(31)33-27(29)34-23(20)35/h3-11,14,18-19,21,24,36H,2,12-13H2,1H3,(H,37,38)(H2,31,33,34)/t18?,19-,21?,24+,28-/m0/s1. The number of aliphatic hydroxyl groups excluding tert-OH is 1. The van der Waals surface area contributed by atoms with Crippen LogP contribution in [0.3, 0.4) is 0 Å². The number of anilines is 1. The molecular weight excluding hydrogens is 573 g/mol. The van der Waals surface area contributed by atoms with E-state index in [0.717, 1.165) is 11.1 Å². The second-order valence-electron chi connectivity index (χ2n) is 9.61. The van der Waals surface area contributed by atoms with Crippen LogP contribution in [0.2, 0.25) is 5.28 Å². The Hall–Kier alpha value is -4.17. The first-order valence-electron chi connectivity index (χ1n) is 13.0. The van der Waals surface area contributed by atoms with Crippen LogP contribution < -0.4 is 5.73 Å². The fourth-order valence-corrected chi connectivity index (χ4v) is 4.98. The van der Waals surface area contributed by atoms with Crippen LogP contribution in [0.15, 0.2) is 60.9 Å². The number of nitrogen functional groups attached to an aromatic ring is 1. The molecule has 1 aliphatic heterocycles. The first-order chi connectivity index (χ1) is 20.1. The highest BCUT2D eigenvalue weighted by atomic mass is 35.5. The molecule has 0 radical (unpaired) electrons. The predicted octanol–water partition coefficient (Wildman–Crippen LogP) is 2.97. The minimum atomic E-state index is -2.61. The second kappa shape index (κ2) is 12.0. The van der Waals surface area contributed by atoms with Gasteiger partial charge in [0.15, 0.2) is 23.9 Å². The molecule has 2 unspecified atom stereocenters. The number of imidazole rings is 1. The van der Waals surface area contributed by atoms with Crippen molar-refractivity contribution in [3.8, 4) is 11.1 Å². The quantitative estimate of drug-likeness (QED) is 0.147. The fourth-order valence-electron chi connectivity index (χ4n) is 4.81. The van der Waals surface area contributed by atoms with Crippen molar-refractivity contribution in [2.24, 2.45) is 0 Å². The number of hydrogen-bond acceptors (Lipinski definition) is 10. The maximum absolute atomic E-state index is 15.7. The Balaban J connectivity index is 1.41. The maximum Gasteiger partial charge on any atom is 0.350 e. The molecule has 2 aromatic heterocycles. The van der Waals surface area contributed by atoms with Gasteiger partial charge in [-0.1, -0.05) is 54.6 Å². The predicted molar refractivity (Wildman–Crippen MR) is 148 cm³/mol. The Labute approximate surface area is 243 Å². The van der Waals surface area contributed by atoms with Gasteiger partial charge < -0.3 is 30.2 Å². The number of carbonyl (C=O) groups is 2. The highest BCUT2D eigenvalue weighted by Gasteiger charge is 2.54. The lowest BCUT2D eigenvalue weighted by Gasteiger charge is -2.40. The molecule has 5 rings (SSSR count). The van der Waals surface area contributed by atoms with Gasteiger partial charge in [0.2, 0.25) is 5.28 Å². The Morgan fingerprint density at radius 1 is 1.17 bits per heavy atom. The third-order valence-electron chi connectivity index (χ3n) is 6.92. The molecule has 4 N–H and O–H groups in total. The molecule has 42 heavy (non-hydrogen) atoms. The number of halogens is 2. The number of esters is 1. The SMILES string of the molecule is CCOC(=O)[C@@](Cc1ccc(-c2ccccc2)cc1)(OC1CO[C@@H](n2cnc3c(N)nc(Cl)nc32)[C@@H](F)C1O)C(=O)O. The summed E-state index contributed by atoms with van der Waals surface area (Å²) in [4.78, 5) is 37.7. The summed E-state index contributed by atoms with van der Waals surface area (Å²) in [5.74, 6) is -2.90. The van der Waals surface area contributed by atoms with Crippen molar-refractivity contribution in [3.05, 3.63) is 71.8 Å². The van der Waals surface area contributed by atoms with Gasteiger partial charge in [-0.2, -0.15) is 9.97 Å². The molecular formula is C28H27ClFN5O7. The maximum atomic E-state index is 15.7. The topological polar surface area (TPSA) is 172 Å². The highest BCUT2D eigenvalue weighted by molar-refractivity contribution is 6.28. The van der Waals surface area contributed by atoms with Crippen LogP contribution in [0.5, 0.6) is 0 Å².